The van der Waals surface area contributed by atoms with Gasteiger partial charge >= 0.3 is 0 Å². The molecule has 0 aliphatic heterocycles. The molecule has 1 aliphatic rings. The molecule has 0 bridgehead atoms. The van der Waals surface area contributed by atoms with E-state index in [1.54, 1.807) is 11.3 Å². The van der Waals surface area contributed by atoms with Gasteiger partial charge in [0.2, 0.25) is 0 Å². The van der Waals surface area contributed by atoms with Gasteiger partial charge in [0.05, 0.1) is 5.02 Å². The minimum atomic E-state index is 0.181. The van der Waals surface area contributed by atoms with Crippen LogP contribution >= 0.6 is 22.9 Å². The first-order chi connectivity index (χ1) is 6.20. The Hall–Kier alpha value is -0.0500. The topological polar surface area (TPSA) is 26.0 Å². The molecule has 72 valence electrons. The van der Waals surface area contributed by atoms with Gasteiger partial charge in [0.1, 0.15) is 0 Å². The van der Waals surface area contributed by atoms with Gasteiger partial charge in [0.15, 0.2) is 0 Å². The minimum absolute atomic E-state index is 0.181. The third-order valence-electron chi connectivity index (χ3n) is 2.89. The zero-order valence-electron chi connectivity index (χ0n) is 7.72. The van der Waals surface area contributed by atoms with Gasteiger partial charge in [-0.2, -0.15) is 0 Å². The predicted octanol–water partition coefficient (Wildman–Crippen LogP) is 3.51. The molecular formula is C10H14ClNS. The number of nitrogens with two attached hydrogens (primary N) is 1. The van der Waals surface area contributed by atoms with Gasteiger partial charge in [0, 0.05) is 10.9 Å². The van der Waals surface area contributed by atoms with Crippen LogP contribution in [0.4, 0.5) is 0 Å². The summed E-state index contributed by atoms with van der Waals surface area (Å²) in [7, 11) is 0. The van der Waals surface area contributed by atoms with Crippen molar-refractivity contribution in [1.29, 1.82) is 0 Å². The highest BCUT2D eigenvalue weighted by Gasteiger charge is 2.28. The van der Waals surface area contributed by atoms with E-state index in [1.165, 1.54) is 24.1 Å². The summed E-state index contributed by atoms with van der Waals surface area (Å²) in [6, 6.07) is 0.181. The van der Waals surface area contributed by atoms with E-state index in [4.69, 9.17) is 17.3 Å². The van der Waals surface area contributed by atoms with Gasteiger partial charge in [-0.25, -0.2) is 0 Å². The smallest absolute Gasteiger partial charge is 0.0590 e. The van der Waals surface area contributed by atoms with E-state index in [9.17, 15) is 0 Å². The number of hydrogen-bond donors (Lipinski definition) is 1. The van der Waals surface area contributed by atoms with E-state index in [0.29, 0.717) is 5.92 Å². The fourth-order valence-electron chi connectivity index (χ4n) is 1.69. The van der Waals surface area contributed by atoms with Gasteiger partial charge in [0.25, 0.3) is 0 Å². The van der Waals surface area contributed by atoms with Gasteiger partial charge in [-0.15, -0.1) is 11.3 Å². The van der Waals surface area contributed by atoms with Gasteiger partial charge in [-0.3, -0.25) is 0 Å². The molecule has 0 spiro atoms. The van der Waals surface area contributed by atoms with Crippen LogP contribution in [-0.4, -0.2) is 0 Å². The maximum Gasteiger partial charge on any atom is 0.0590 e. The molecule has 1 saturated carbocycles. The van der Waals surface area contributed by atoms with Crippen LogP contribution in [0.2, 0.25) is 5.02 Å². The first-order valence-electron chi connectivity index (χ1n) is 4.69. The standard InChI is InChI=1S/C10H14ClNS/c1-6-5-13-10(8(6)11)9(12)7-3-2-4-7/h5,7,9H,2-4,12H2,1H3. The summed E-state index contributed by atoms with van der Waals surface area (Å²) < 4.78 is 0. The van der Waals surface area contributed by atoms with Crippen molar-refractivity contribution in [2.24, 2.45) is 11.7 Å². The van der Waals surface area contributed by atoms with Crippen molar-refractivity contribution in [3.8, 4) is 0 Å². The molecule has 0 radical (unpaired) electrons. The fourth-order valence-corrected chi connectivity index (χ4v) is 3.10. The van der Waals surface area contributed by atoms with Crippen molar-refractivity contribution < 1.29 is 0 Å². The zero-order chi connectivity index (χ0) is 9.42. The average Bonchev–Trinajstić information content (AvgIpc) is 2.29. The second kappa shape index (κ2) is 3.60. The van der Waals surface area contributed by atoms with Crippen molar-refractivity contribution in [1.82, 2.24) is 0 Å². The predicted molar refractivity (Wildman–Crippen MR) is 58.3 cm³/mol. The van der Waals surface area contributed by atoms with Crippen molar-refractivity contribution in [2.75, 3.05) is 0 Å². The Morgan fingerprint density at radius 1 is 1.62 bits per heavy atom. The molecule has 1 unspecified atom stereocenters. The second-order valence-corrected chi connectivity index (χ2v) is 5.10. The van der Waals surface area contributed by atoms with Crippen LogP contribution in [0.25, 0.3) is 0 Å². The number of rotatable bonds is 2. The van der Waals surface area contributed by atoms with E-state index in [-0.39, 0.29) is 6.04 Å². The molecule has 0 amide bonds. The summed E-state index contributed by atoms with van der Waals surface area (Å²) >= 11 is 7.86. The molecule has 0 aromatic carbocycles. The minimum Gasteiger partial charge on any atom is -0.323 e. The highest BCUT2D eigenvalue weighted by molar-refractivity contribution is 7.10. The SMILES string of the molecule is Cc1csc(C(N)C2CCC2)c1Cl. The molecule has 1 aromatic rings. The zero-order valence-corrected chi connectivity index (χ0v) is 9.29. The number of aryl methyl sites for hydroxylation is 1. The highest BCUT2D eigenvalue weighted by atomic mass is 35.5. The molecule has 13 heavy (non-hydrogen) atoms. The Kier molecular flexibility index (Phi) is 2.63. The van der Waals surface area contributed by atoms with E-state index in [2.05, 4.69) is 5.38 Å². The molecule has 1 aliphatic carbocycles. The maximum atomic E-state index is 6.16. The number of hydrogen-bond acceptors (Lipinski definition) is 2. The van der Waals surface area contributed by atoms with Gasteiger partial charge in [-0.05, 0) is 36.6 Å². The van der Waals surface area contributed by atoms with Crippen molar-refractivity contribution in [2.45, 2.75) is 32.2 Å². The monoisotopic (exact) mass is 215 g/mol. The lowest BCUT2D eigenvalue weighted by molar-refractivity contribution is 0.267. The summed E-state index contributed by atoms with van der Waals surface area (Å²) in [5, 5.41) is 2.99. The van der Waals surface area contributed by atoms with Crippen LogP contribution in [0.1, 0.15) is 35.7 Å². The van der Waals surface area contributed by atoms with Crippen LogP contribution in [0, 0.1) is 12.8 Å². The van der Waals surface area contributed by atoms with Gasteiger partial charge in [-0.1, -0.05) is 18.0 Å². The third-order valence-corrected chi connectivity index (χ3v) is 4.70. The Morgan fingerprint density at radius 3 is 2.69 bits per heavy atom. The lowest BCUT2D eigenvalue weighted by Crippen LogP contribution is -2.26. The van der Waals surface area contributed by atoms with Crippen LogP contribution < -0.4 is 5.73 Å². The molecule has 1 aromatic heterocycles. The molecule has 2 N–H and O–H groups in total. The van der Waals surface area contributed by atoms with E-state index < -0.39 is 0 Å². The molecule has 3 heteroatoms. The summed E-state index contributed by atoms with van der Waals surface area (Å²) in [6.07, 6.45) is 3.88. The van der Waals surface area contributed by atoms with Crippen molar-refractivity contribution in [3.05, 3.63) is 20.8 Å². The van der Waals surface area contributed by atoms with Crippen molar-refractivity contribution >= 4 is 22.9 Å². The first kappa shape index (κ1) is 9.50. The van der Waals surface area contributed by atoms with E-state index >= 15 is 0 Å². The van der Waals surface area contributed by atoms with Gasteiger partial charge < -0.3 is 5.73 Å². The van der Waals surface area contributed by atoms with Crippen LogP contribution in [0.15, 0.2) is 5.38 Å². The lowest BCUT2D eigenvalue weighted by Gasteiger charge is -2.30. The number of thiophene rings is 1. The molecule has 0 saturated heterocycles. The third kappa shape index (κ3) is 1.63. The quantitative estimate of drug-likeness (QED) is 0.803. The van der Waals surface area contributed by atoms with Crippen LogP contribution in [0.3, 0.4) is 0 Å². The first-order valence-corrected chi connectivity index (χ1v) is 5.95. The van der Waals surface area contributed by atoms with Crippen LogP contribution in [0.5, 0.6) is 0 Å². The van der Waals surface area contributed by atoms with Crippen molar-refractivity contribution in [3.63, 3.8) is 0 Å². The Labute approximate surface area is 87.9 Å². The maximum absolute atomic E-state index is 6.16. The normalized spacial score (nSPS) is 19.9. The second-order valence-electron chi connectivity index (χ2n) is 3.81. The lowest BCUT2D eigenvalue weighted by atomic mass is 9.79. The largest absolute Gasteiger partial charge is 0.323 e. The average molecular weight is 216 g/mol. The summed E-state index contributed by atoms with van der Waals surface area (Å²) in [5.74, 6) is 0.676. The fraction of sp³-hybridized carbons (Fsp3) is 0.600. The molecule has 1 fully saturated rings. The molecule has 2 rings (SSSR count). The van der Waals surface area contributed by atoms with E-state index in [1.807, 2.05) is 6.92 Å². The molecular weight excluding hydrogens is 202 g/mol. The van der Waals surface area contributed by atoms with Crippen LogP contribution in [-0.2, 0) is 0 Å². The Balaban J connectivity index is 2.18. The summed E-state index contributed by atoms with van der Waals surface area (Å²) in [5.41, 5.74) is 7.30. The summed E-state index contributed by atoms with van der Waals surface area (Å²) in [6.45, 7) is 2.04. The molecule has 1 heterocycles. The van der Waals surface area contributed by atoms with E-state index in [0.717, 1.165) is 10.6 Å². The molecule has 1 nitrogen and oxygen atoms in total. The summed E-state index contributed by atoms with van der Waals surface area (Å²) in [4.78, 5) is 1.18. The number of halogens is 1. The highest BCUT2D eigenvalue weighted by Crippen LogP contribution is 2.41. The Bertz CT molecular complexity index is 304. The Morgan fingerprint density at radius 2 is 2.31 bits per heavy atom. The molecule has 1 atom stereocenters.